The normalized spacial score (nSPS) is 19.1. The third kappa shape index (κ3) is 1.93. The van der Waals surface area contributed by atoms with Crippen molar-refractivity contribution in [2.24, 2.45) is 5.92 Å². The number of likely N-dealkylation sites (N-methyl/N-ethyl adjacent to an activating group) is 1. The average Bonchev–Trinajstić information content (AvgIpc) is 3.05. The average molecular weight is 239 g/mol. The van der Waals surface area contributed by atoms with Gasteiger partial charge in [-0.2, -0.15) is 10.4 Å². The molecule has 1 fully saturated rings. The summed E-state index contributed by atoms with van der Waals surface area (Å²) in [6.07, 6.45) is 4.01. The molecule has 0 radical (unpaired) electrons. The van der Waals surface area contributed by atoms with Gasteiger partial charge in [0.25, 0.3) is 0 Å². The highest BCUT2D eigenvalue weighted by molar-refractivity contribution is 6.31. The Morgan fingerprint density at radius 1 is 1.75 bits per heavy atom. The van der Waals surface area contributed by atoms with E-state index < -0.39 is 5.54 Å². The molecule has 0 bridgehead atoms. The van der Waals surface area contributed by atoms with Gasteiger partial charge in [0.05, 0.1) is 23.3 Å². The zero-order chi connectivity index (χ0) is 11.8. The number of nitrogens with one attached hydrogen (secondary N) is 1. The number of halogens is 1. The standard InChI is InChI=1S/C11H15ClN4/c1-8-10(12)5-16(15-8)7-11(6-13,14-2)9-3-4-9/h5,9,14H,3-4,7H2,1-2H3. The van der Waals surface area contributed by atoms with E-state index in [1.165, 1.54) is 0 Å². The Bertz CT molecular complexity index is 410. The second-order valence-electron chi connectivity index (χ2n) is 4.37. The highest BCUT2D eigenvalue weighted by Gasteiger charge is 2.45. The molecule has 1 N–H and O–H groups in total. The number of aryl methyl sites for hydroxylation is 1. The van der Waals surface area contributed by atoms with Gasteiger partial charge in [-0.05, 0) is 32.7 Å². The van der Waals surface area contributed by atoms with Gasteiger partial charge in [0.1, 0.15) is 5.54 Å². The topological polar surface area (TPSA) is 53.6 Å². The Morgan fingerprint density at radius 2 is 2.44 bits per heavy atom. The first-order valence-corrected chi connectivity index (χ1v) is 5.79. The first-order valence-electron chi connectivity index (χ1n) is 5.41. The number of nitriles is 1. The summed E-state index contributed by atoms with van der Waals surface area (Å²) in [5, 5.41) is 17.4. The van der Waals surface area contributed by atoms with Gasteiger partial charge in [-0.3, -0.25) is 4.68 Å². The zero-order valence-electron chi connectivity index (χ0n) is 9.50. The number of aromatic nitrogens is 2. The minimum atomic E-state index is -0.498. The molecule has 1 atom stereocenters. The monoisotopic (exact) mass is 238 g/mol. The Hall–Kier alpha value is -1.05. The van der Waals surface area contributed by atoms with E-state index in [2.05, 4.69) is 16.5 Å². The lowest BCUT2D eigenvalue weighted by molar-refractivity contribution is 0.325. The van der Waals surface area contributed by atoms with Crippen LogP contribution in [-0.2, 0) is 6.54 Å². The van der Waals surface area contributed by atoms with Crippen molar-refractivity contribution in [3.63, 3.8) is 0 Å². The van der Waals surface area contributed by atoms with Crippen LogP contribution in [0.15, 0.2) is 6.20 Å². The van der Waals surface area contributed by atoms with Crippen LogP contribution in [0.5, 0.6) is 0 Å². The van der Waals surface area contributed by atoms with Gasteiger partial charge in [-0.25, -0.2) is 0 Å². The molecule has 0 aliphatic heterocycles. The van der Waals surface area contributed by atoms with Gasteiger partial charge in [0, 0.05) is 6.20 Å². The molecule has 1 aliphatic rings. The van der Waals surface area contributed by atoms with Crippen molar-refractivity contribution in [2.75, 3.05) is 7.05 Å². The Labute approximate surface area is 100 Å². The van der Waals surface area contributed by atoms with Gasteiger partial charge in [-0.15, -0.1) is 0 Å². The van der Waals surface area contributed by atoms with Crippen LogP contribution in [0.3, 0.4) is 0 Å². The Balaban J connectivity index is 2.21. The van der Waals surface area contributed by atoms with Crippen LogP contribution in [0.2, 0.25) is 5.02 Å². The molecule has 4 nitrogen and oxygen atoms in total. The van der Waals surface area contributed by atoms with Crippen LogP contribution in [-0.4, -0.2) is 22.4 Å². The summed E-state index contributed by atoms with van der Waals surface area (Å²) in [4.78, 5) is 0. The molecule has 1 unspecified atom stereocenters. The fraction of sp³-hybridized carbons (Fsp3) is 0.636. The predicted molar refractivity (Wildman–Crippen MR) is 62.1 cm³/mol. The third-order valence-corrected chi connectivity index (χ3v) is 3.59. The predicted octanol–water partition coefficient (Wildman–Crippen LogP) is 1.74. The third-order valence-electron chi connectivity index (χ3n) is 3.22. The molecule has 0 aromatic carbocycles. The van der Waals surface area contributed by atoms with E-state index in [0.717, 1.165) is 18.5 Å². The highest BCUT2D eigenvalue weighted by Crippen LogP contribution is 2.40. The molecule has 1 saturated carbocycles. The lowest BCUT2D eigenvalue weighted by Crippen LogP contribution is -2.47. The van der Waals surface area contributed by atoms with Crippen LogP contribution in [0.25, 0.3) is 0 Å². The van der Waals surface area contributed by atoms with E-state index in [4.69, 9.17) is 11.6 Å². The lowest BCUT2D eigenvalue weighted by atomic mass is 9.95. The minimum Gasteiger partial charge on any atom is -0.301 e. The van der Waals surface area contributed by atoms with Gasteiger partial charge in [-0.1, -0.05) is 11.6 Å². The Morgan fingerprint density at radius 3 is 2.81 bits per heavy atom. The zero-order valence-corrected chi connectivity index (χ0v) is 10.3. The van der Waals surface area contributed by atoms with E-state index in [9.17, 15) is 5.26 Å². The maximum atomic E-state index is 9.34. The molecule has 0 spiro atoms. The van der Waals surface area contributed by atoms with Gasteiger partial charge in [0.2, 0.25) is 0 Å². The molecule has 0 saturated heterocycles. The lowest BCUT2D eigenvalue weighted by Gasteiger charge is -2.25. The first kappa shape index (κ1) is 11.4. The molecular weight excluding hydrogens is 224 g/mol. The van der Waals surface area contributed by atoms with Gasteiger partial charge >= 0.3 is 0 Å². The van der Waals surface area contributed by atoms with Crippen molar-refractivity contribution in [3.8, 4) is 6.07 Å². The van der Waals surface area contributed by atoms with Crippen molar-refractivity contribution in [3.05, 3.63) is 16.9 Å². The number of nitrogens with zero attached hydrogens (tertiary/aromatic N) is 3. The number of hydrogen-bond donors (Lipinski definition) is 1. The summed E-state index contributed by atoms with van der Waals surface area (Å²) >= 11 is 5.95. The van der Waals surface area contributed by atoms with E-state index in [0.29, 0.717) is 17.5 Å². The van der Waals surface area contributed by atoms with Crippen molar-refractivity contribution < 1.29 is 0 Å². The van der Waals surface area contributed by atoms with Crippen molar-refractivity contribution in [1.82, 2.24) is 15.1 Å². The van der Waals surface area contributed by atoms with Crippen molar-refractivity contribution >= 4 is 11.6 Å². The smallest absolute Gasteiger partial charge is 0.129 e. The second kappa shape index (κ2) is 4.08. The van der Waals surface area contributed by atoms with Crippen LogP contribution >= 0.6 is 11.6 Å². The fourth-order valence-electron chi connectivity index (χ4n) is 2.00. The number of hydrogen-bond acceptors (Lipinski definition) is 3. The molecular formula is C11H15ClN4. The van der Waals surface area contributed by atoms with Crippen LogP contribution < -0.4 is 5.32 Å². The summed E-state index contributed by atoms with van der Waals surface area (Å²) in [6.45, 7) is 2.42. The maximum Gasteiger partial charge on any atom is 0.129 e. The molecule has 5 heteroatoms. The maximum absolute atomic E-state index is 9.34. The SMILES string of the molecule is CNC(C#N)(Cn1cc(Cl)c(C)n1)C1CC1. The van der Waals surface area contributed by atoms with E-state index in [-0.39, 0.29) is 0 Å². The van der Waals surface area contributed by atoms with Gasteiger partial charge in [0.15, 0.2) is 0 Å². The summed E-state index contributed by atoms with van der Waals surface area (Å²) in [7, 11) is 1.83. The second-order valence-corrected chi connectivity index (χ2v) is 4.77. The van der Waals surface area contributed by atoms with E-state index >= 15 is 0 Å². The molecule has 86 valence electrons. The summed E-state index contributed by atoms with van der Waals surface area (Å²) in [6, 6.07) is 2.39. The molecule has 1 aromatic rings. The van der Waals surface area contributed by atoms with E-state index in [1.54, 1.807) is 10.9 Å². The molecule has 1 aliphatic carbocycles. The van der Waals surface area contributed by atoms with Crippen LogP contribution in [0, 0.1) is 24.2 Å². The Kier molecular flexibility index (Phi) is 2.92. The summed E-state index contributed by atoms with van der Waals surface area (Å²) < 4.78 is 1.76. The first-order chi connectivity index (χ1) is 7.61. The van der Waals surface area contributed by atoms with E-state index in [1.807, 2.05) is 14.0 Å². The van der Waals surface area contributed by atoms with Crippen molar-refractivity contribution in [2.45, 2.75) is 31.8 Å². The fourth-order valence-corrected chi connectivity index (χ4v) is 2.15. The summed E-state index contributed by atoms with van der Waals surface area (Å²) in [5.74, 6) is 0.436. The molecule has 0 amide bonds. The van der Waals surface area contributed by atoms with Gasteiger partial charge < -0.3 is 5.32 Å². The molecule has 2 rings (SSSR count). The molecule has 1 heterocycles. The number of rotatable bonds is 4. The van der Waals surface area contributed by atoms with Crippen molar-refractivity contribution in [1.29, 1.82) is 5.26 Å². The summed E-state index contributed by atoms with van der Waals surface area (Å²) in [5.41, 5.74) is 0.308. The molecule has 16 heavy (non-hydrogen) atoms. The highest BCUT2D eigenvalue weighted by atomic mass is 35.5. The van der Waals surface area contributed by atoms with Crippen LogP contribution in [0.1, 0.15) is 18.5 Å². The van der Waals surface area contributed by atoms with Crippen LogP contribution in [0.4, 0.5) is 0 Å². The quantitative estimate of drug-likeness (QED) is 0.869. The largest absolute Gasteiger partial charge is 0.301 e. The molecule has 1 aromatic heterocycles. The minimum absolute atomic E-state index is 0.436.